The van der Waals surface area contributed by atoms with E-state index in [9.17, 15) is 9.59 Å². The van der Waals surface area contributed by atoms with Gasteiger partial charge in [0.15, 0.2) is 0 Å². The van der Waals surface area contributed by atoms with Crippen molar-refractivity contribution in [3.63, 3.8) is 0 Å². The van der Waals surface area contributed by atoms with Crippen molar-refractivity contribution in [2.45, 2.75) is 53.1 Å². The number of benzene rings is 1. The quantitative estimate of drug-likeness (QED) is 0.895. The Morgan fingerprint density at radius 2 is 1.87 bits per heavy atom. The fraction of sp³-hybridized carbons (Fsp3) is 0.556. The van der Waals surface area contributed by atoms with E-state index < -0.39 is 5.60 Å². The lowest BCUT2D eigenvalue weighted by Crippen LogP contribution is -2.35. The van der Waals surface area contributed by atoms with Crippen molar-refractivity contribution in [3.05, 3.63) is 29.3 Å². The molecule has 5 heteroatoms. The van der Waals surface area contributed by atoms with Gasteiger partial charge in [-0.3, -0.25) is 4.79 Å². The number of carbonyl (C=O) groups is 2. The summed E-state index contributed by atoms with van der Waals surface area (Å²) in [6, 6.07) is 5.84. The molecule has 128 valence electrons. The molecule has 0 aromatic heterocycles. The highest BCUT2D eigenvalue weighted by Crippen LogP contribution is 2.18. The van der Waals surface area contributed by atoms with Gasteiger partial charge in [-0.05, 0) is 58.2 Å². The molecule has 0 saturated carbocycles. The molecule has 1 N–H and O–H groups in total. The molecule has 0 spiro atoms. The van der Waals surface area contributed by atoms with E-state index in [0.717, 1.165) is 16.8 Å². The van der Waals surface area contributed by atoms with E-state index in [1.165, 1.54) is 4.90 Å². The molecule has 0 heterocycles. The first kappa shape index (κ1) is 19.0. The molecule has 0 saturated heterocycles. The molecule has 5 nitrogen and oxygen atoms in total. The largest absolute Gasteiger partial charge is 0.444 e. The third-order valence-electron chi connectivity index (χ3n) is 3.48. The number of nitrogens with one attached hydrogen (secondary N) is 1. The zero-order chi connectivity index (χ0) is 17.6. The van der Waals surface area contributed by atoms with Gasteiger partial charge in [0.1, 0.15) is 5.60 Å². The number of anilines is 1. The molecule has 2 amide bonds. The Morgan fingerprint density at radius 3 is 2.48 bits per heavy atom. The number of hydrogen-bond acceptors (Lipinski definition) is 3. The van der Waals surface area contributed by atoms with E-state index in [-0.39, 0.29) is 12.0 Å². The molecule has 0 unspecified atom stereocenters. The molecule has 0 aliphatic carbocycles. The first-order valence-electron chi connectivity index (χ1n) is 7.90. The third-order valence-corrected chi connectivity index (χ3v) is 3.48. The summed E-state index contributed by atoms with van der Waals surface area (Å²) in [5, 5.41) is 2.92. The Kier molecular flexibility index (Phi) is 6.61. The first-order chi connectivity index (χ1) is 10.6. The number of nitrogens with zero attached hydrogens (tertiary/aromatic N) is 1. The lowest BCUT2D eigenvalue weighted by molar-refractivity contribution is -0.116. The molecule has 0 radical (unpaired) electrons. The molecule has 0 aliphatic rings. The summed E-state index contributed by atoms with van der Waals surface area (Å²) in [7, 11) is 1.68. The standard InChI is InChI=1S/C18H28N2O3/c1-13-9-7-10-15(14(13)2)19-16(21)11-8-12-20(6)17(22)23-18(3,4)5/h7,9-10H,8,11-12H2,1-6H3,(H,19,21). The molecule has 23 heavy (non-hydrogen) atoms. The summed E-state index contributed by atoms with van der Waals surface area (Å²) >= 11 is 0. The van der Waals surface area contributed by atoms with Crippen LogP contribution in [0.5, 0.6) is 0 Å². The summed E-state index contributed by atoms with van der Waals surface area (Å²) in [5.41, 5.74) is 2.56. The van der Waals surface area contributed by atoms with Crippen LogP contribution < -0.4 is 5.32 Å². The number of aryl methyl sites for hydroxylation is 1. The molecule has 1 rings (SSSR count). The molecule has 0 aliphatic heterocycles. The maximum absolute atomic E-state index is 12.0. The normalized spacial score (nSPS) is 11.0. The molecule has 0 bridgehead atoms. The lowest BCUT2D eigenvalue weighted by atomic mass is 10.1. The van der Waals surface area contributed by atoms with E-state index in [1.54, 1.807) is 7.05 Å². The van der Waals surface area contributed by atoms with Crippen LogP contribution in [0, 0.1) is 13.8 Å². The molecule has 0 fully saturated rings. The van der Waals surface area contributed by atoms with Gasteiger partial charge in [0, 0.05) is 25.7 Å². The lowest BCUT2D eigenvalue weighted by Gasteiger charge is -2.24. The molecular weight excluding hydrogens is 292 g/mol. The second kappa shape index (κ2) is 7.99. The highest BCUT2D eigenvalue weighted by Gasteiger charge is 2.19. The summed E-state index contributed by atoms with van der Waals surface area (Å²) in [6.07, 6.45) is 0.583. The minimum atomic E-state index is -0.509. The van der Waals surface area contributed by atoms with E-state index >= 15 is 0 Å². The summed E-state index contributed by atoms with van der Waals surface area (Å²) < 4.78 is 5.27. The maximum Gasteiger partial charge on any atom is 0.410 e. The van der Waals surface area contributed by atoms with Crippen LogP contribution >= 0.6 is 0 Å². The Hall–Kier alpha value is -2.04. The number of hydrogen-bond donors (Lipinski definition) is 1. The second-order valence-electron chi connectivity index (χ2n) is 6.80. The van der Waals surface area contributed by atoms with Crippen LogP contribution in [0.3, 0.4) is 0 Å². The van der Waals surface area contributed by atoms with E-state index in [0.29, 0.717) is 19.4 Å². The minimum absolute atomic E-state index is 0.0451. The average molecular weight is 320 g/mol. The van der Waals surface area contributed by atoms with Gasteiger partial charge in [0.05, 0.1) is 0 Å². The molecule has 1 aromatic carbocycles. The number of carbonyl (C=O) groups excluding carboxylic acids is 2. The van der Waals surface area contributed by atoms with Crippen molar-refractivity contribution in [2.24, 2.45) is 0 Å². The third kappa shape index (κ3) is 6.72. The predicted molar refractivity (Wildman–Crippen MR) is 92.6 cm³/mol. The van der Waals surface area contributed by atoms with Gasteiger partial charge in [0.25, 0.3) is 0 Å². The smallest absolute Gasteiger partial charge is 0.410 e. The first-order valence-corrected chi connectivity index (χ1v) is 7.90. The minimum Gasteiger partial charge on any atom is -0.444 e. The Morgan fingerprint density at radius 1 is 1.22 bits per heavy atom. The van der Waals surface area contributed by atoms with Gasteiger partial charge in [-0.15, -0.1) is 0 Å². The Labute approximate surface area is 139 Å². The van der Waals surface area contributed by atoms with Crippen molar-refractivity contribution in [2.75, 3.05) is 18.9 Å². The average Bonchev–Trinajstić information content (AvgIpc) is 2.42. The van der Waals surface area contributed by atoms with Crippen LogP contribution in [-0.4, -0.2) is 36.1 Å². The van der Waals surface area contributed by atoms with Gasteiger partial charge >= 0.3 is 6.09 Å². The molecular formula is C18H28N2O3. The summed E-state index contributed by atoms with van der Waals surface area (Å²) in [4.78, 5) is 25.3. The van der Waals surface area contributed by atoms with Crippen LogP contribution in [0.15, 0.2) is 18.2 Å². The zero-order valence-electron chi connectivity index (χ0n) is 15.0. The number of ether oxygens (including phenoxy) is 1. The van der Waals surface area contributed by atoms with Gasteiger partial charge in [-0.1, -0.05) is 12.1 Å². The van der Waals surface area contributed by atoms with Crippen LogP contribution in [0.1, 0.15) is 44.7 Å². The second-order valence-corrected chi connectivity index (χ2v) is 6.80. The van der Waals surface area contributed by atoms with Crippen LogP contribution in [0.25, 0.3) is 0 Å². The van der Waals surface area contributed by atoms with Crippen molar-refractivity contribution in [1.82, 2.24) is 4.90 Å². The topological polar surface area (TPSA) is 58.6 Å². The monoisotopic (exact) mass is 320 g/mol. The molecule has 0 atom stereocenters. The van der Waals surface area contributed by atoms with Gasteiger partial charge in [-0.25, -0.2) is 4.79 Å². The van der Waals surface area contributed by atoms with Crippen LogP contribution in [0.2, 0.25) is 0 Å². The van der Waals surface area contributed by atoms with E-state index in [4.69, 9.17) is 4.74 Å². The van der Waals surface area contributed by atoms with Crippen molar-refractivity contribution < 1.29 is 14.3 Å². The van der Waals surface area contributed by atoms with Crippen molar-refractivity contribution in [1.29, 1.82) is 0 Å². The molecule has 1 aromatic rings. The van der Waals surface area contributed by atoms with E-state index in [2.05, 4.69) is 5.32 Å². The van der Waals surface area contributed by atoms with Crippen LogP contribution in [0.4, 0.5) is 10.5 Å². The Balaban J connectivity index is 2.39. The van der Waals surface area contributed by atoms with Gasteiger partial charge < -0.3 is 15.0 Å². The predicted octanol–water partition coefficient (Wildman–Crippen LogP) is 3.89. The number of amides is 2. The fourth-order valence-electron chi connectivity index (χ4n) is 2.01. The van der Waals surface area contributed by atoms with Gasteiger partial charge in [-0.2, -0.15) is 0 Å². The van der Waals surface area contributed by atoms with E-state index in [1.807, 2.05) is 52.8 Å². The van der Waals surface area contributed by atoms with Gasteiger partial charge in [0.2, 0.25) is 5.91 Å². The summed E-state index contributed by atoms with van der Waals surface area (Å²) in [6.45, 7) is 9.97. The SMILES string of the molecule is Cc1cccc(NC(=O)CCCN(C)C(=O)OC(C)(C)C)c1C. The number of rotatable bonds is 5. The highest BCUT2D eigenvalue weighted by atomic mass is 16.6. The fourth-order valence-corrected chi connectivity index (χ4v) is 2.01. The Bertz CT molecular complexity index is 562. The van der Waals surface area contributed by atoms with Crippen molar-refractivity contribution >= 4 is 17.7 Å². The highest BCUT2D eigenvalue weighted by molar-refractivity contribution is 5.91. The maximum atomic E-state index is 12.0. The summed E-state index contributed by atoms with van der Waals surface area (Å²) in [5.74, 6) is -0.0451. The van der Waals surface area contributed by atoms with Crippen molar-refractivity contribution in [3.8, 4) is 0 Å². The van der Waals surface area contributed by atoms with Crippen LogP contribution in [-0.2, 0) is 9.53 Å². The zero-order valence-corrected chi connectivity index (χ0v) is 15.0.